The fraction of sp³-hybridized carbons (Fsp3) is 0. The summed E-state index contributed by atoms with van der Waals surface area (Å²) >= 11 is 17.8. The van der Waals surface area contributed by atoms with Gasteiger partial charge in [-0.1, -0.05) is 34.8 Å². The zero-order valence-electron chi connectivity index (χ0n) is 10.0. The summed E-state index contributed by atoms with van der Waals surface area (Å²) in [5.41, 5.74) is -0.305. The van der Waals surface area contributed by atoms with Gasteiger partial charge in [0.05, 0.1) is 34.1 Å². The zero-order valence-corrected chi connectivity index (χ0v) is 12.3. The first-order valence-electron chi connectivity index (χ1n) is 5.36. The third kappa shape index (κ3) is 3.30. The lowest BCUT2D eigenvalue weighted by molar-refractivity contribution is 0.577. The molecule has 0 spiro atoms. The Morgan fingerprint density at radius 2 is 1.67 bits per heavy atom. The van der Waals surface area contributed by atoms with Crippen LogP contribution < -0.4 is 0 Å². The van der Waals surface area contributed by atoms with Crippen LogP contribution >= 0.6 is 34.8 Å². The zero-order chi connectivity index (χ0) is 15.6. The van der Waals surface area contributed by atoms with E-state index in [0.717, 1.165) is 12.4 Å². The molecule has 2 rings (SSSR count). The van der Waals surface area contributed by atoms with Crippen LogP contribution in [0.5, 0.6) is 0 Å². The molecule has 3 nitrogen and oxygen atoms in total. The molecule has 0 atom stereocenters. The second kappa shape index (κ2) is 6.35. The van der Waals surface area contributed by atoms with Gasteiger partial charge < -0.3 is 0 Å². The molecule has 0 amide bonds. The molecule has 1 heterocycles. The second-order valence-electron chi connectivity index (χ2n) is 3.78. The van der Waals surface area contributed by atoms with E-state index in [4.69, 9.17) is 40.1 Å². The Bertz CT molecular complexity index is 741. The normalized spacial score (nSPS) is 11.3. The highest BCUT2D eigenvalue weighted by Crippen LogP contribution is 2.30. The van der Waals surface area contributed by atoms with Crippen LogP contribution in [0, 0.1) is 23.0 Å². The monoisotopic (exact) mass is 345 g/mol. The topological polar surface area (TPSA) is 49.0 Å². The van der Waals surface area contributed by atoms with E-state index in [1.807, 2.05) is 6.07 Å². The molecular formula is C13H4Cl3F2N3. The number of pyridine rings is 1. The van der Waals surface area contributed by atoms with Crippen molar-refractivity contribution in [3.63, 3.8) is 0 Å². The van der Waals surface area contributed by atoms with Gasteiger partial charge in [0, 0.05) is 5.56 Å². The van der Waals surface area contributed by atoms with Gasteiger partial charge >= 0.3 is 0 Å². The fourth-order valence-corrected chi connectivity index (χ4v) is 2.55. The minimum atomic E-state index is -0.978. The molecule has 0 aliphatic carbocycles. The highest BCUT2D eigenvalue weighted by Gasteiger charge is 2.15. The number of rotatable bonds is 2. The lowest BCUT2D eigenvalue weighted by Gasteiger charge is -2.06. The summed E-state index contributed by atoms with van der Waals surface area (Å²) in [6.07, 6.45) is 1.60. The maximum atomic E-state index is 13.5. The van der Waals surface area contributed by atoms with Crippen LogP contribution in [0.1, 0.15) is 11.1 Å². The Balaban J connectivity index is 2.58. The highest BCUT2D eigenvalue weighted by atomic mass is 35.5. The van der Waals surface area contributed by atoms with Crippen molar-refractivity contribution in [2.45, 2.75) is 0 Å². The summed E-state index contributed by atoms with van der Waals surface area (Å²) in [6.45, 7) is 0. The van der Waals surface area contributed by atoms with Gasteiger partial charge in [-0.15, -0.1) is 0 Å². The van der Waals surface area contributed by atoms with E-state index in [0.29, 0.717) is 0 Å². The molecule has 0 fully saturated rings. The number of nitrogens with zero attached hydrogens (tertiary/aromatic N) is 3. The standard InChI is InChI=1S/C13H4Cl3F2N3/c14-7-1-6(3-19)2-8(15)11(7)13(16)21-12-9(17)4-20-5-10(12)18/h1-2,4-5H. The van der Waals surface area contributed by atoms with E-state index in [-0.39, 0.29) is 26.3 Å². The van der Waals surface area contributed by atoms with E-state index >= 15 is 0 Å². The van der Waals surface area contributed by atoms with Crippen molar-refractivity contribution in [2.75, 3.05) is 0 Å². The molecular weight excluding hydrogens is 343 g/mol. The van der Waals surface area contributed by atoms with Gasteiger partial charge in [0.15, 0.2) is 11.6 Å². The molecule has 1 aromatic carbocycles. The van der Waals surface area contributed by atoms with Gasteiger partial charge in [0.25, 0.3) is 0 Å². The molecule has 21 heavy (non-hydrogen) atoms. The van der Waals surface area contributed by atoms with Crippen LogP contribution in [0.25, 0.3) is 0 Å². The van der Waals surface area contributed by atoms with Crippen LogP contribution in [-0.2, 0) is 0 Å². The summed E-state index contributed by atoms with van der Waals surface area (Å²) in [6, 6.07) is 4.50. The van der Waals surface area contributed by atoms with E-state index in [1.165, 1.54) is 12.1 Å². The Labute approximate surface area is 133 Å². The van der Waals surface area contributed by atoms with Crippen molar-refractivity contribution in [3.05, 3.63) is 57.3 Å². The summed E-state index contributed by atoms with van der Waals surface area (Å²) in [4.78, 5) is 6.98. The van der Waals surface area contributed by atoms with Crippen LogP contribution in [0.15, 0.2) is 29.5 Å². The molecule has 0 bridgehead atoms. The smallest absolute Gasteiger partial charge is 0.170 e. The first-order chi connectivity index (χ1) is 9.93. The predicted octanol–water partition coefficient (Wildman–Crippen LogP) is 4.86. The third-order valence-electron chi connectivity index (χ3n) is 2.42. The van der Waals surface area contributed by atoms with Crippen LogP contribution in [0.3, 0.4) is 0 Å². The van der Waals surface area contributed by atoms with Crippen LogP contribution in [0.4, 0.5) is 14.5 Å². The number of hydrogen-bond donors (Lipinski definition) is 0. The van der Waals surface area contributed by atoms with Gasteiger partial charge in [0.2, 0.25) is 0 Å². The van der Waals surface area contributed by atoms with E-state index in [1.54, 1.807) is 0 Å². The fourth-order valence-electron chi connectivity index (χ4n) is 1.50. The van der Waals surface area contributed by atoms with Crippen LogP contribution in [-0.4, -0.2) is 10.2 Å². The largest absolute Gasteiger partial charge is 0.258 e. The van der Waals surface area contributed by atoms with Crippen molar-refractivity contribution in [1.29, 1.82) is 5.26 Å². The Morgan fingerprint density at radius 3 is 2.14 bits per heavy atom. The average molecular weight is 347 g/mol. The van der Waals surface area contributed by atoms with E-state index < -0.39 is 17.3 Å². The SMILES string of the molecule is N#Cc1cc(Cl)c(C(Cl)=Nc2c(F)cncc2F)c(Cl)c1. The number of nitriles is 1. The number of hydrogen-bond acceptors (Lipinski definition) is 3. The number of aliphatic imine (C=N–C) groups is 1. The molecule has 0 aliphatic heterocycles. The van der Waals surface area contributed by atoms with Gasteiger partial charge in [-0.25, -0.2) is 13.8 Å². The molecule has 0 saturated heterocycles. The molecule has 106 valence electrons. The number of halogens is 5. The van der Waals surface area contributed by atoms with Gasteiger partial charge in [-0.3, -0.25) is 4.98 Å². The molecule has 0 radical (unpaired) electrons. The maximum absolute atomic E-state index is 13.5. The van der Waals surface area contributed by atoms with Crippen molar-refractivity contribution in [1.82, 2.24) is 4.98 Å². The second-order valence-corrected chi connectivity index (χ2v) is 4.95. The van der Waals surface area contributed by atoms with Crippen molar-refractivity contribution >= 4 is 45.7 Å². The molecule has 0 N–H and O–H groups in total. The Kier molecular flexibility index (Phi) is 4.73. The summed E-state index contributed by atoms with van der Waals surface area (Å²) in [5, 5.41) is 8.57. The molecule has 0 unspecified atom stereocenters. The number of aromatic nitrogens is 1. The highest BCUT2D eigenvalue weighted by molar-refractivity contribution is 6.71. The minimum Gasteiger partial charge on any atom is -0.258 e. The number of benzene rings is 1. The first-order valence-corrected chi connectivity index (χ1v) is 6.50. The molecule has 1 aromatic heterocycles. The lowest BCUT2D eigenvalue weighted by atomic mass is 10.1. The lowest BCUT2D eigenvalue weighted by Crippen LogP contribution is -1.97. The first kappa shape index (κ1) is 15.6. The van der Waals surface area contributed by atoms with E-state index in [2.05, 4.69) is 9.98 Å². The molecule has 0 saturated carbocycles. The van der Waals surface area contributed by atoms with Crippen molar-refractivity contribution in [2.24, 2.45) is 4.99 Å². The summed E-state index contributed by atoms with van der Waals surface area (Å²) in [7, 11) is 0. The van der Waals surface area contributed by atoms with Crippen molar-refractivity contribution in [3.8, 4) is 6.07 Å². The average Bonchev–Trinajstić information content (AvgIpc) is 2.42. The quantitative estimate of drug-likeness (QED) is 0.729. The Hall–Kier alpha value is -1.74. The van der Waals surface area contributed by atoms with Gasteiger partial charge in [0.1, 0.15) is 10.9 Å². The maximum Gasteiger partial charge on any atom is 0.170 e. The Morgan fingerprint density at radius 1 is 1.14 bits per heavy atom. The van der Waals surface area contributed by atoms with Gasteiger partial charge in [-0.2, -0.15) is 5.26 Å². The summed E-state index contributed by atoms with van der Waals surface area (Å²) in [5.74, 6) is -1.96. The van der Waals surface area contributed by atoms with Gasteiger partial charge in [-0.05, 0) is 12.1 Å². The minimum absolute atomic E-state index is 0.0441. The molecule has 0 aliphatic rings. The predicted molar refractivity (Wildman–Crippen MR) is 77.4 cm³/mol. The van der Waals surface area contributed by atoms with E-state index in [9.17, 15) is 8.78 Å². The summed E-state index contributed by atoms with van der Waals surface area (Å²) < 4.78 is 26.9. The van der Waals surface area contributed by atoms with Crippen molar-refractivity contribution < 1.29 is 8.78 Å². The molecule has 2 aromatic rings. The van der Waals surface area contributed by atoms with Crippen LogP contribution in [0.2, 0.25) is 10.0 Å². The third-order valence-corrected chi connectivity index (χ3v) is 3.29. The molecule has 8 heteroatoms.